The largest absolute Gasteiger partial charge is 0.371 e. The van der Waals surface area contributed by atoms with Gasteiger partial charge in [0.2, 0.25) is 0 Å². The van der Waals surface area contributed by atoms with Crippen molar-refractivity contribution in [3.8, 4) is 0 Å². The first kappa shape index (κ1) is 13.1. The molecule has 1 N–H and O–H groups in total. The minimum absolute atomic E-state index is 0.242. The van der Waals surface area contributed by atoms with Gasteiger partial charge >= 0.3 is 0 Å². The molecule has 0 aromatic heterocycles. The summed E-state index contributed by atoms with van der Waals surface area (Å²) in [4.78, 5) is 0. The summed E-state index contributed by atoms with van der Waals surface area (Å²) in [5.41, 5.74) is 0.551. The van der Waals surface area contributed by atoms with Crippen LogP contribution in [0.25, 0.3) is 0 Å². The van der Waals surface area contributed by atoms with Crippen LogP contribution in [0.3, 0.4) is 0 Å². The quantitative estimate of drug-likeness (QED) is 0.799. The van der Waals surface area contributed by atoms with Crippen LogP contribution in [0.4, 0.5) is 8.78 Å². The van der Waals surface area contributed by atoms with Crippen molar-refractivity contribution in [2.45, 2.75) is 20.0 Å². The van der Waals surface area contributed by atoms with Gasteiger partial charge in [-0.3, -0.25) is 0 Å². The number of hydrogen-bond donors (Lipinski definition) is 1. The van der Waals surface area contributed by atoms with E-state index in [1.165, 1.54) is 12.1 Å². The third-order valence-electron chi connectivity index (χ3n) is 2.18. The van der Waals surface area contributed by atoms with Crippen molar-refractivity contribution in [1.29, 1.82) is 0 Å². The van der Waals surface area contributed by atoms with Gasteiger partial charge in [-0.05, 0) is 17.7 Å². The molecule has 2 nitrogen and oxygen atoms in total. The number of nitrogens with one attached hydrogen (secondary N) is 1. The normalized spacial score (nSPS) is 19.9. The molecule has 1 fully saturated rings. The van der Waals surface area contributed by atoms with Gasteiger partial charge in [-0.15, -0.1) is 0 Å². The Labute approximate surface area is 94.6 Å². The van der Waals surface area contributed by atoms with Gasteiger partial charge in [0.15, 0.2) is 0 Å². The fourth-order valence-electron chi connectivity index (χ4n) is 1.54. The van der Waals surface area contributed by atoms with Crippen LogP contribution >= 0.6 is 0 Å². The Morgan fingerprint density at radius 2 is 1.81 bits per heavy atom. The monoisotopic (exact) mass is 229 g/mol. The Kier molecular flexibility index (Phi) is 5.35. The van der Waals surface area contributed by atoms with E-state index >= 15 is 0 Å². The van der Waals surface area contributed by atoms with Crippen molar-refractivity contribution in [2.24, 2.45) is 0 Å². The summed E-state index contributed by atoms with van der Waals surface area (Å²) in [7, 11) is 0. The molecule has 1 aliphatic rings. The van der Waals surface area contributed by atoms with Crippen molar-refractivity contribution in [2.75, 3.05) is 19.7 Å². The predicted octanol–water partition coefficient (Wildman–Crippen LogP) is 2.65. The molecular weight excluding hydrogens is 212 g/mol. The maximum atomic E-state index is 12.9. The number of hydrogen-bond acceptors (Lipinski definition) is 2. The molecule has 4 heteroatoms. The molecule has 1 heterocycles. The van der Waals surface area contributed by atoms with Gasteiger partial charge in [0.1, 0.15) is 11.6 Å². The van der Waals surface area contributed by atoms with Gasteiger partial charge in [-0.2, -0.15) is 0 Å². The SMILES string of the molecule is CC.Fc1cc(F)cc(C2CNCCO2)c1. The van der Waals surface area contributed by atoms with E-state index in [4.69, 9.17) is 4.74 Å². The Morgan fingerprint density at radius 1 is 1.19 bits per heavy atom. The third kappa shape index (κ3) is 3.54. The zero-order valence-corrected chi connectivity index (χ0v) is 9.59. The Bertz CT molecular complexity index is 305. The van der Waals surface area contributed by atoms with E-state index in [9.17, 15) is 8.78 Å². The fourth-order valence-corrected chi connectivity index (χ4v) is 1.54. The number of ether oxygens (including phenoxy) is 1. The van der Waals surface area contributed by atoms with Crippen LogP contribution in [0.5, 0.6) is 0 Å². The van der Waals surface area contributed by atoms with E-state index in [-0.39, 0.29) is 6.10 Å². The van der Waals surface area contributed by atoms with Crippen LogP contribution in [0.15, 0.2) is 18.2 Å². The summed E-state index contributed by atoms with van der Waals surface area (Å²) in [5.74, 6) is -1.12. The summed E-state index contributed by atoms with van der Waals surface area (Å²) < 4.78 is 31.1. The fraction of sp³-hybridized carbons (Fsp3) is 0.500. The van der Waals surface area contributed by atoms with Crippen LogP contribution in [0, 0.1) is 11.6 Å². The van der Waals surface area contributed by atoms with E-state index < -0.39 is 11.6 Å². The van der Waals surface area contributed by atoms with Crippen LogP contribution in [0.1, 0.15) is 25.5 Å². The van der Waals surface area contributed by atoms with Gasteiger partial charge in [0, 0.05) is 19.2 Å². The summed E-state index contributed by atoms with van der Waals surface area (Å²) >= 11 is 0. The smallest absolute Gasteiger partial charge is 0.126 e. The van der Waals surface area contributed by atoms with Crippen LogP contribution in [0.2, 0.25) is 0 Å². The molecule has 1 unspecified atom stereocenters. The third-order valence-corrected chi connectivity index (χ3v) is 2.18. The van der Waals surface area contributed by atoms with Crippen molar-refractivity contribution in [3.05, 3.63) is 35.4 Å². The first-order valence-corrected chi connectivity index (χ1v) is 5.54. The summed E-state index contributed by atoms with van der Waals surface area (Å²) in [6.45, 7) is 5.96. The first-order chi connectivity index (χ1) is 7.75. The van der Waals surface area contributed by atoms with Gasteiger partial charge in [-0.1, -0.05) is 13.8 Å². The van der Waals surface area contributed by atoms with Gasteiger partial charge in [0.25, 0.3) is 0 Å². The van der Waals surface area contributed by atoms with Gasteiger partial charge in [-0.25, -0.2) is 8.78 Å². The van der Waals surface area contributed by atoms with E-state index in [1.807, 2.05) is 13.8 Å². The molecule has 90 valence electrons. The lowest BCUT2D eigenvalue weighted by molar-refractivity contribution is 0.0273. The second-order valence-electron chi connectivity index (χ2n) is 3.27. The predicted molar refractivity (Wildman–Crippen MR) is 59.3 cm³/mol. The Hall–Kier alpha value is -1.00. The minimum Gasteiger partial charge on any atom is -0.371 e. The zero-order chi connectivity index (χ0) is 12.0. The highest BCUT2D eigenvalue weighted by Gasteiger charge is 2.16. The molecule has 1 aromatic rings. The highest BCUT2D eigenvalue weighted by molar-refractivity contribution is 5.21. The second kappa shape index (κ2) is 6.55. The highest BCUT2D eigenvalue weighted by Crippen LogP contribution is 2.20. The van der Waals surface area contributed by atoms with Crippen LogP contribution < -0.4 is 5.32 Å². The maximum Gasteiger partial charge on any atom is 0.126 e. The molecule has 0 amide bonds. The molecule has 0 saturated carbocycles. The van der Waals surface area contributed by atoms with Crippen LogP contribution in [-0.4, -0.2) is 19.7 Å². The molecule has 0 radical (unpaired) electrons. The highest BCUT2D eigenvalue weighted by atomic mass is 19.1. The summed E-state index contributed by atoms with van der Waals surface area (Å²) in [5, 5.41) is 3.10. The molecule has 0 spiro atoms. The van der Waals surface area contributed by atoms with Crippen molar-refractivity contribution in [3.63, 3.8) is 0 Å². The maximum absolute atomic E-state index is 12.9. The molecule has 0 aliphatic carbocycles. The van der Waals surface area contributed by atoms with Gasteiger partial charge < -0.3 is 10.1 Å². The molecule has 16 heavy (non-hydrogen) atoms. The van der Waals surface area contributed by atoms with Crippen molar-refractivity contribution in [1.82, 2.24) is 5.32 Å². The molecule has 1 saturated heterocycles. The minimum atomic E-state index is -0.561. The number of morpholine rings is 1. The first-order valence-electron chi connectivity index (χ1n) is 5.54. The number of benzene rings is 1. The molecule has 1 aliphatic heterocycles. The average molecular weight is 229 g/mol. The molecular formula is C12H17F2NO. The van der Waals surface area contributed by atoms with Crippen molar-refractivity contribution < 1.29 is 13.5 Å². The number of halogens is 2. The van der Waals surface area contributed by atoms with E-state index in [0.29, 0.717) is 18.7 Å². The van der Waals surface area contributed by atoms with Gasteiger partial charge in [0.05, 0.1) is 12.7 Å². The summed E-state index contributed by atoms with van der Waals surface area (Å²) in [6, 6.07) is 3.47. The zero-order valence-electron chi connectivity index (χ0n) is 9.59. The Balaban J connectivity index is 0.000000606. The second-order valence-corrected chi connectivity index (χ2v) is 3.27. The lowest BCUT2D eigenvalue weighted by atomic mass is 10.1. The molecule has 1 atom stereocenters. The lowest BCUT2D eigenvalue weighted by Gasteiger charge is -2.23. The molecule has 2 rings (SSSR count). The Morgan fingerprint density at radius 3 is 2.31 bits per heavy atom. The lowest BCUT2D eigenvalue weighted by Crippen LogP contribution is -2.33. The molecule has 1 aromatic carbocycles. The van der Waals surface area contributed by atoms with E-state index in [0.717, 1.165) is 12.6 Å². The van der Waals surface area contributed by atoms with Crippen molar-refractivity contribution >= 4 is 0 Å². The van der Waals surface area contributed by atoms with E-state index in [2.05, 4.69) is 5.32 Å². The average Bonchev–Trinajstić information content (AvgIpc) is 2.32. The van der Waals surface area contributed by atoms with Crippen LogP contribution in [-0.2, 0) is 4.74 Å². The van der Waals surface area contributed by atoms with E-state index in [1.54, 1.807) is 0 Å². The topological polar surface area (TPSA) is 21.3 Å². The summed E-state index contributed by atoms with van der Waals surface area (Å²) in [6.07, 6.45) is -0.242. The molecule has 0 bridgehead atoms. The number of rotatable bonds is 1. The standard InChI is InChI=1S/C10H11F2NO.C2H6/c11-8-3-7(4-9(12)5-8)10-6-13-1-2-14-10;1-2/h3-5,10,13H,1-2,6H2;1-2H3.